The molecule has 0 aromatic carbocycles. The van der Waals surface area contributed by atoms with Crippen LogP contribution in [0.4, 0.5) is 4.39 Å². The van der Waals surface area contributed by atoms with Crippen LogP contribution in [0.3, 0.4) is 0 Å². The Balaban J connectivity index is 1.67. The SMILES string of the molecule is Cc1nc(-c2cccnc2)sc1-c1ccn(-c2nnc(C(F)Cl)s2)n1. The first-order valence-corrected chi connectivity index (χ1v) is 9.24. The molecule has 4 aromatic heterocycles. The van der Waals surface area contributed by atoms with E-state index in [0.29, 0.717) is 5.13 Å². The maximum atomic E-state index is 13.1. The number of halogens is 2. The molecule has 6 nitrogen and oxygen atoms in total. The second-order valence-corrected chi connectivity index (χ2v) is 7.41. The van der Waals surface area contributed by atoms with E-state index < -0.39 is 5.63 Å². The quantitative estimate of drug-likeness (QED) is 0.481. The van der Waals surface area contributed by atoms with Gasteiger partial charge in [0.2, 0.25) is 10.8 Å². The largest absolute Gasteiger partial charge is 0.264 e. The van der Waals surface area contributed by atoms with Crippen molar-refractivity contribution in [1.29, 1.82) is 0 Å². The molecule has 1 unspecified atom stereocenters. The molecule has 0 saturated heterocycles. The fourth-order valence-electron chi connectivity index (χ4n) is 2.21. The van der Waals surface area contributed by atoms with Crippen LogP contribution in [0.15, 0.2) is 36.8 Å². The van der Waals surface area contributed by atoms with Crippen molar-refractivity contribution in [1.82, 2.24) is 29.9 Å². The Morgan fingerprint density at radius 2 is 2.12 bits per heavy atom. The molecule has 1 atom stereocenters. The van der Waals surface area contributed by atoms with Crippen molar-refractivity contribution >= 4 is 34.3 Å². The van der Waals surface area contributed by atoms with Crippen LogP contribution in [0.25, 0.3) is 26.3 Å². The zero-order valence-corrected chi connectivity index (χ0v) is 15.2. The zero-order chi connectivity index (χ0) is 17.4. The molecular weight excluding hydrogens is 383 g/mol. The van der Waals surface area contributed by atoms with Crippen molar-refractivity contribution < 1.29 is 4.39 Å². The van der Waals surface area contributed by atoms with Gasteiger partial charge in [-0.2, -0.15) is 5.10 Å². The van der Waals surface area contributed by atoms with E-state index in [4.69, 9.17) is 11.6 Å². The van der Waals surface area contributed by atoms with Gasteiger partial charge in [0.05, 0.1) is 10.6 Å². The molecule has 10 heteroatoms. The average molecular weight is 393 g/mol. The second kappa shape index (κ2) is 6.58. The third kappa shape index (κ3) is 3.17. The molecule has 0 spiro atoms. The fourth-order valence-corrected chi connectivity index (χ4v) is 4.04. The average Bonchev–Trinajstić information content (AvgIpc) is 3.34. The van der Waals surface area contributed by atoms with Gasteiger partial charge < -0.3 is 0 Å². The Bertz CT molecular complexity index is 1010. The van der Waals surface area contributed by atoms with Crippen molar-refractivity contribution in [2.45, 2.75) is 12.6 Å². The summed E-state index contributed by atoms with van der Waals surface area (Å²) in [7, 11) is 0. The molecule has 0 fully saturated rings. The van der Waals surface area contributed by atoms with Crippen LogP contribution < -0.4 is 0 Å². The van der Waals surface area contributed by atoms with Gasteiger partial charge in [0.25, 0.3) is 0 Å². The number of alkyl halides is 2. The second-order valence-electron chi connectivity index (χ2n) is 5.04. The number of aryl methyl sites for hydroxylation is 1. The van der Waals surface area contributed by atoms with E-state index in [1.54, 1.807) is 34.6 Å². The Morgan fingerprint density at radius 1 is 1.24 bits per heavy atom. The van der Waals surface area contributed by atoms with E-state index in [9.17, 15) is 4.39 Å². The maximum Gasteiger partial charge on any atom is 0.232 e. The first-order valence-electron chi connectivity index (χ1n) is 7.17. The summed E-state index contributed by atoms with van der Waals surface area (Å²) in [5.41, 5.74) is 0.958. The summed E-state index contributed by atoms with van der Waals surface area (Å²) < 4.78 is 14.6. The third-order valence-corrected chi connectivity index (χ3v) is 5.85. The third-order valence-electron chi connectivity index (χ3n) is 3.34. The predicted octanol–water partition coefficient (Wildman–Crippen LogP) is 4.42. The molecule has 0 amide bonds. The Kier molecular flexibility index (Phi) is 4.28. The fraction of sp³-hybridized carbons (Fsp3) is 0.133. The Morgan fingerprint density at radius 3 is 2.84 bits per heavy atom. The van der Waals surface area contributed by atoms with Crippen LogP contribution in [0, 0.1) is 6.92 Å². The molecule has 0 N–H and O–H groups in total. The molecule has 4 aromatic rings. The van der Waals surface area contributed by atoms with Gasteiger partial charge in [-0.05, 0) is 25.1 Å². The Labute approximate surface area is 155 Å². The molecule has 0 saturated carbocycles. The number of aromatic nitrogens is 6. The van der Waals surface area contributed by atoms with E-state index in [-0.39, 0.29) is 5.01 Å². The highest BCUT2D eigenvalue weighted by atomic mass is 35.5. The molecule has 0 aliphatic heterocycles. The van der Waals surface area contributed by atoms with Gasteiger partial charge in [-0.3, -0.25) is 4.98 Å². The van der Waals surface area contributed by atoms with Crippen molar-refractivity contribution in [2.24, 2.45) is 0 Å². The number of hydrogen-bond donors (Lipinski definition) is 0. The normalized spacial score (nSPS) is 12.4. The minimum absolute atomic E-state index is 0.113. The molecule has 25 heavy (non-hydrogen) atoms. The number of nitrogens with zero attached hydrogens (tertiary/aromatic N) is 6. The van der Waals surface area contributed by atoms with Gasteiger partial charge in [0, 0.05) is 24.2 Å². The summed E-state index contributed by atoms with van der Waals surface area (Å²) in [5, 5.41) is 13.6. The molecule has 4 heterocycles. The van der Waals surface area contributed by atoms with E-state index >= 15 is 0 Å². The molecule has 0 bridgehead atoms. The molecule has 0 aliphatic carbocycles. The molecule has 126 valence electrons. The van der Waals surface area contributed by atoms with Crippen molar-refractivity contribution in [3.63, 3.8) is 0 Å². The van der Waals surface area contributed by atoms with Gasteiger partial charge in [-0.1, -0.05) is 22.9 Å². The highest BCUT2D eigenvalue weighted by Crippen LogP contribution is 2.34. The summed E-state index contributed by atoms with van der Waals surface area (Å²) in [4.78, 5) is 9.69. The van der Waals surface area contributed by atoms with Crippen molar-refractivity contribution in [3.05, 3.63) is 47.5 Å². The number of rotatable bonds is 4. The standard InChI is InChI=1S/C15H10ClFN6S2/c1-8-11(24-13(19-8)9-3-2-5-18-7-9)10-4-6-23(22-10)15-21-20-14(25-15)12(16)17/h2-7,12H,1H3. The number of thiazole rings is 1. The summed E-state index contributed by atoms with van der Waals surface area (Å²) in [6.45, 7) is 1.94. The highest BCUT2D eigenvalue weighted by Gasteiger charge is 2.17. The first kappa shape index (κ1) is 16.2. The van der Waals surface area contributed by atoms with Gasteiger partial charge in [-0.25, -0.2) is 14.1 Å². The lowest BCUT2D eigenvalue weighted by atomic mass is 10.3. The maximum absolute atomic E-state index is 13.1. The minimum atomic E-state index is -1.66. The monoisotopic (exact) mass is 392 g/mol. The molecule has 0 aliphatic rings. The first-order chi connectivity index (χ1) is 12.1. The van der Waals surface area contributed by atoms with Crippen molar-refractivity contribution in [3.8, 4) is 26.3 Å². The van der Waals surface area contributed by atoms with Crippen LogP contribution in [-0.2, 0) is 0 Å². The summed E-state index contributed by atoms with van der Waals surface area (Å²) in [6, 6.07) is 5.71. The van der Waals surface area contributed by atoms with Crippen LogP contribution in [0.1, 0.15) is 16.3 Å². The smallest absolute Gasteiger partial charge is 0.232 e. The number of hydrogen-bond acceptors (Lipinski definition) is 7. The van der Waals surface area contributed by atoms with E-state index in [0.717, 1.165) is 38.2 Å². The van der Waals surface area contributed by atoms with E-state index in [1.807, 2.05) is 25.1 Å². The van der Waals surface area contributed by atoms with Gasteiger partial charge in [-0.15, -0.1) is 21.5 Å². The predicted molar refractivity (Wildman–Crippen MR) is 95.8 cm³/mol. The summed E-state index contributed by atoms with van der Waals surface area (Å²) >= 11 is 7.99. The van der Waals surface area contributed by atoms with Crippen LogP contribution in [0.2, 0.25) is 0 Å². The minimum Gasteiger partial charge on any atom is -0.264 e. The molecular formula is C15H10ClFN6S2. The summed E-state index contributed by atoms with van der Waals surface area (Å²) in [5.74, 6) is 0. The van der Waals surface area contributed by atoms with Gasteiger partial charge >= 0.3 is 0 Å². The lowest BCUT2D eigenvalue weighted by Crippen LogP contribution is -1.93. The van der Waals surface area contributed by atoms with Crippen LogP contribution >= 0.6 is 34.3 Å². The topological polar surface area (TPSA) is 69.4 Å². The van der Waals surface area contributed by atoms with Crippen LogP contribution in [-0.4, -0.2) is 29.9 Å². The molecule has 4 rings (SSSR count). The summed E-state index contributed by atoms with van der Waals surface area (Å²) in [6.07, 6.45) is 5.26. The zero-order valence-electron chi connectivity index (χ0n) is 12.8. The van der Waals surface area contributed by atoms with Gasteiger partial charge in [0.15, 0.2) is 5.01 Å². The lowest BCUT2D eigenvalue weighted by molar-refractivity contribution is 0.456. The van der Waals surface area contributed by atoms with Crippen molar-refractivity contribution in [2.75, 3.05) is 0 Å². The van der Waals surface area contributed by atoms with E-state index in [2.05, 4.69) is 25.3 Å². The highest BCUT2D eigenvalue weighted by molar-refractivity contribution is 7.18. The number of pyridine rings is 1. The Hall–Kier alpha value is -2.23. The van der Waals surface area contributed by atoms with Gasteiger partial charge in [0.1, 0.15) is 10.7 Å². The lowest BCUT2D eigenvalue weighted by Gasteiger charge is -1.94. The van der Waals surface area contributed by atoms with E-state index in [1.165, 1.54) is 0 Å². The molecule has 0 radical (unpaired) electrons. The van der Waals surface area contributed by atoms with Crippen LogP contribution in [0.5, 0.6) is 0 Å².